The lowest BCUT2D eigenvalue weighted by Crippen LogP contribution is -2.69. The summed E-state index contributed by atoms with van der Waals surface area (Å²) in [6, 6.07) is 3.15. The molecule has 0 radical (unpaired) electrons. The topological polar surface area (TPSA) is 57.1 Å². The molecule has 5 nitrogen and oxygen atoms in total. The Kier molecular flexibility index (Phi) is 5.35. The van der Waals surface area contributed by atoms with Crippen molar-refractivity contribution in [1.29, 1.82) is 0 Å². The van der Waals surface area contributed by atoms with Crippen LogP contribution in [-0.2, 0) is 0 Å². The van der Waals surface area contributed by atoms with E-state index in [1.165, 1.54) is 6.07 Å². The van der Waals surface area contributed by atoms with Crippen molar-refractivity contribution in [2.45, 2.75) is 58.2 Å². The van der Waals surface area contributed by atoms with E-state index in [1.807, 2.05) is 0 Å². The Hall–Kier alpha value is -1.53. The molecule has 1 atom stereocenters. The van der Waals surface area contributed by atoms with Gasteiger partial charge in [-0.3, -0.25) is 4.90 Å². The third kappa shape index (κ3) is 3.37. The highest BCUT2D eigenvalue weighted by Gasteiger charge is 2.48. The Labute approximate surface area is 159 Å². The summed E-state index contributed by atoms with van der Waals surface area (Å²) in [7, 11) is 0. The Morgan fingerprint density at radius 2 is 2.04 bits per heavy atom. The lowest BCUT2D eigenvalue weighted by atomic mass is 9.72. The molecule has 0 aliphatic carbocycles. The lowest BCUT2D eigenvalue weighted by Gasteiger charge is -2.56. The average molecular weight is 384 g/mol. The molecule has 2 N–H and O–H groups in total. The number of fused-ring (bicyclic) bond motifs is 3. The predicted molar refractivity (Wildman–Crippen MR) is 101 cm³/mol. The highest BCUT2D eigenvalue weighted by atomic mass is 35.5. The third-order valence-electron chi connectivity index (χ3n) is 5.64. The summed E-state index contributed by atoms with van der Waals surface area (Å²) >= 11 is 6.09. The van der Waals surface area contributed by atoms with Gasteiger partial charge in [0.05, 0.1) is 16.7 Å². The van der Waals surface area contributed by atoms with Crippen LogP contribution in [-0.4, -0.2) is 46.7 Å². The molecule has 1 aromatic carbocycles. The minimum Gasteiger partial charge on any atom is -0.486 e. The monoisotopic (exact) mass is 383 g/mol. The molecule has 3 heterocycles. The summed E-state index contributed by atoms with van der Waals surface area (Å²) in [4.78, 5) is 2.44. The number of nitrogens with one attached hydrogen (secondary N) is 1. The van der Waals surface area contributed by atoms with Gasteiger partial charge in [-0.1, -0.05) is 16.8 Å². The third-order valence-corrected chi connectivity index (χ3v) is 5.93. The quantitative estimate of drug-likeness (QED) is 0.359. The summed E-state index contributed by atoms with van der Waals surface area (Å²) in [5.74, 6) is -0.0611. The van der Waals surface area contributed by atoms with Gasteiger partial charge < -0.3 is 15.3 Å². The van der Waals surface area contributed by atoms with Crippen LogP contribution < -0.4 is 10.1 Å². The molecular formula is C19H27ClFN3O2. The number of rotatable bonds is 4. The maximum absolute atomic E-state index is 15.0. The lowest BCUT2D eigenvalue weighted by molar-refractivity contribution is -0.0339. The number of ether oxygens (including phenoxy) is 1. The first-order valence-electron chi connectivity index (χ1n) is 9.14. The summed E-state index contributed by atoms with van der Waals surface area (Å²) in [6.07, 6.45) is 1.95. The molecule has 0 aromatic heterocycles. The second-order valence-electron chi connectivity index (χ2n) is 7.95. The largest absolute Gasteiger partial charge is 0.486 e. The van der Waals surface area contributed by atoms with E-state index in [4.69, 9.17) is 16.3 Å². The molecule has 3 aliphatic heterocycles. The van der Waals surface area contributed by atoms with Gasteiger partial charge in [0.1, 0.15) is 0 Å². The second-order valence-corrected chi connectivity index (χ2v) is 8.36. The van der Waals surface area contributed by atoms with Crippen molar-refractivity contribution in [3.05, 3.63) is 28.5 Å². The fourth-order valence-electron chi connectivity index (χ4n) is 4.24. The minimum atomic E-state index is -0.620. The number of halogens is 2. The zero-order valence-electron chi connectivity index (χ0n) is 15.7. The fraction of sp³-hybridized carbons (Fsp3) is 0.632. The van der Waals surface area contributed by atoms with E-state index in [2.05, 4.69) is 29.2 Å². The van der Waals surface area contributed by atoms with Crippen LogP contribution in [0.5, 0.6) is 5.75 Å². The van der Waals surface area contributed by atoms with Crippen molar-refractivity contribution in [3.63, 3.8) is 0 Å². The van der Waals surface area contributed by atoms with Crippen molar-refractivity contribution in [2.24, 2.45) is 11.1 Å². The molecule has 3 fully saturated rings. The van der Waals surface area contributed by atoms with Gasteiger partial charge in [0, 0.05) is 11.6 Å². The van der Waals surface area contributed by atoms with Crippen LogP contribution in [0.2, 0.25) is 5.02 Å². The summed E-state index contributed by atoms with van der Waals surface area (Å²) in [6.45, 7) is 10.1. The first kappa shape index (κ1) is 19.2. The van der Waals surface area contributed by atoms with Crippen LogP contribution in [0.15, 0.2) is 17.3 Å². The van der Waals surface area contributed by atoms with Gasteiger partial charge in [0.2, 0.25) is 0 Å². The summed E-state index contributed by atoms with van der Waals surface area (Å²) in [5.41, 5.74) is 0.0527. The zero-order chi connectivity index (χ0) is 19.1. The first-order chi connectivity index (χ1) is 12.3. The van der Waals surface area contributed by atoms with Crippen LogP contribution in [0, 0.1) is 11.7 Å². The maximum Gasteiger partial charge on any atom is 0.177 e. The molecular weight excluding hydrogens is 357 g/mol. The molecule has 0 unspecified atom stereocenters. The van der Waals surface area contributed by atoms with E-state index in [1.54, 1.807) is 19.9 Å². The predicted octanol–water partition coefficient (Wildman–Crippen LogP) is 3.86. The standard InChI is InChI=1S/C19H27ClFN3O2/c1-11(2)26-16-14(20)6-5-13(15(16)21)18(23-25)22-17-12-7-9-24(10-8-12)19(17,3)4/h5-6,11-12,17,25H,7-10H2,1-4H3,(H,22,23)/t17-/m1/s1. The molecule has 0 saturated carbocycles. The molecule has 3 aliphatic rings. The Morgan fingerprint density at radius 1 is 1.38 bits per heavy atom. The SMILES string of the molecule is CC(C)Oc1c(Cl)ccc(/C(=N\O)N[C@@H]2C3CCN(CC3)C2(C)C)c1F. The first-order valence-corrected chi connectivity index (χ1v) is 9.52. The zero-order valence-corrected chi connectivity index (χ0v) is 16.5. The van der Waals surface area contributed by atoms with E-state index in [0.717, 1.165) is 25.9 Å². The number of amidine groups is 1. The second kappa shape index (κ2) is 7.24. The summed E-state index contributed by atoms with van der Waals surface area (Å²) in [5, 5.41) is 16.4. The van der Waals surface area contributed by atoms with Gasteiger partial charge in [0.15, 0.2) is 17.4 Å². The van der Waals surface area contributed by atoms with Crippen LogP contribution >= 0.6 is 11.6 Å². The van der Waals surface area contributed by atoms with Gasteiger partial charge in [-0.05, 0) is 71.7 Å². The molecule has 0 spiro atoms. The number of hydrogen-bond acceptors (Lipinski definition) is 4. The molecule has 2 bridgehead atoms. The number of benzene rings is 1. The van der Waals surface area contributed by atoms with Gasteiger partial charge in [-0.15, -0.1) is 0 Å². The average Bonchev–Trinajstić information content (AvgIpc) is 2.59. The van der Waals surface area contributed by atoms with Crippen molar-refractivity contribution >= 4 is 17.4 Å². The van der Waals surface area contributed by atoms with Gasteiger partial charge in [-0.2, -0.15) is 0 Å². The van der Waals surface area contributed by atoms with Crippen LogP contribution in [0.25, 0.3) is 0 Å². The molecule has 4 rings (SSSR count). The van der Waals surface area contributed by atoms with Crippen LogP contribution in [0.3, 0.4) is 0 Å². The van der Waals surface area contributed by atoms with Crippen molar-refractivity contribution in [3.8, 4) is 5.75 Å². The molecule has 3 saturated heterocycles. The maximum atomic E-state index is 15.0. The molecule has 144 valence electrons. The number of hydrogen-bond donors (Lipinski definition) is 2. The molecule has 1 aromatic rings. The highest BCUT2D eigenvalue weighted by Crippen LogP contribution is 2.39. The number of oxime groups is 1. The minimum absolute atomic E-state index is 0.0182. The van der Waals surface area contributed by atoms with Crippen LogP contribution in [0.1, 0.15) is 46.1 Å². The normalized spacial score (nSPS) is 27.7. The smallest absolute Gasteiger partial charge is 0.177 e. The molecule has 7 heteroatoms. The highest BCUT2D eigenvalue weighted by molar-refractivity contribution is 6.32. The van der Waals surface area contributed by atoms with Gasteiger partial charge >= 0.3 is 0 Å². The molecule has 0 amide bonds. The van der Waals surface area contributed by atoms with E-state index in [9.17, 15) is 5.21 Å². The number of piperidine rings is 3. The fourth-order valence-corrected chi connectivity index (χ4v) is 4.43. The van der Waals surface area contributed by atoms with Crippen molar-refractivity contribution < 1.29 is 14.3 Å². The Morgan fingerprint density at radius 3 is 2.58 bits per heavy atom. The van der Waals surface area contributed by atoms with Gasteiger partial charge in [0.25, 0.3) is 0 Å². The Bertz CT molecular complexity index is 700. The van der Waals surface area contributed by atoms with E-state index in [-0.39, 0.29) is 39.9 Å². The van der Waals surface area contributed by atoms with E-state index in [0.29, 0.717) is 5.92 Å². The van der Waals surface area contributed by atoms with Crippen molar-refractivity contribution in [2.75, 3.05) is 13.1 Å². The van der Waals surface area contributed by atoms with Gasteiger partial charge in [-0.25, -0.2) is 4.39 Å². The number of nitrogens with zero attached hydrogens (tertiary/aromatic N) is 2. The Balaban J connectivity index is 1.91. The van der Waals surface area contributed by atoms with Crippen molar-refractivity contribution in [1.82, 2.24) is 10.2 Å². The molecule has 26 heavy (non-hydrogen) atoms. The van der Waals surface area contributed by atoms with E-state index < -0.39 is 5.82 Å². The summed E-state index contributed by atoms with van der Waals surface area (Å²) < 4.78 is 20.5. The van der Waals surface area contributed by atoms with Crippen LogP contribution in [0.4, 0.5) is 4.39 Å². The van der Waals surface area contributed by atoms with E-state index >= 15 is 4.39 Å².